The molecule has 7 nitrogen and oxygen atoms in total. The lowest BCUT2D eigenvalue weighted by Crippen LogP contribution is -2.31. The fourth-order valence-corrected chi connectivity index (χ4v) is 4.02. The highest BCUT2D eigenvalue weighted by atomic mass is 35.7. The molecule has 0 heterocycles. The van der Waals surface area contributed by atoms with Gasteiger partial charge in [0.1, 0.15) is 11.8 Å². The normalized spacial score (nSPS) is 15.7. The Labute approximate surface area is 155 Å². The highest BCUT2D eigenvalue weighted by Crippen LogP contribution is 2.49. The Hall–Kier alpha value is -2.08. The molecule has 0 aliphatic rings. The fraction of sp³-hybridized carbons (Fsp3) is 0.294. The number of rotatable bonds is 7. The van der Waals surface area contributed by atoms with E-state index in [4.69, 9.17) is 25.6 Å². The van der Waals surface area contributed by atoms with Crippen molar-refractivity contribution in [2.45, 2.75) is 25.8 Å². The molecule has 0 bridgehead atoms. The number of fused-ring (bicyclic) bond motifs is 1. The number of carbonyl (C=O) groups is 2. The molecular formula is C17H19ClNO6P. The van der Waals surface area contributed by atoms with Gasteiger partial charge < -0.3 is 14.4 Å². The molecule has 1 unspecified atom stereocenters. The number of carbonyl (C=O) groups excluding carboxylic acids is 1. The zero-order valence-corrected chi connectivity index (χ0v) is 16.1. The van der Waals surface area contributed by atoms with Crippen molar-refractivity contribution in [1.29, 1.82) is 0 Å². The van der Waals surface area contributed by atoms with E-state index in [0.29, 0.717) is 0 Å². The zero-order chi connectivity index (χ0) is 19.5. The van der Waals surface area contributed by atoms with Crippen molar-refractivity contribution in [3.8, 4) is 5.75 Å². The lowest BCUT2D eigenvalue weighted by Gasteiger charge is -2.17. The number of hydrogen-bond donors (Lipinski definition) is 2. The first-order valence-electron chi connectivity index (χ1n) is 7.74. The number of ether oxygens (including phenoxy) is 1. The number of halogens is 1. The Bertz CT molecular complexity index is 887. The van der Waals surface area contributed by atoms with Gasteiger partial charge in [0, 0.05) is 11.2 Å². The molecule has 9 heteroatoms. The number of nitrogens with one attached hydrogen (secondary N) is 1. The molecule has 2 rings (SSSR count). The number of esters is 1. The molecule has 0 aliphatic heterocycles. The lowest BCUT2D eigenvalue weighted by atomic mass is 9.98. The molecule has 0 fully saturated rings. The van der Waals surface area contributed by atoms with Crippen LogP contribution in [-0.4, -0.2) is 30.2 Å². The third-order valence-corrected chi connectivity index (χ3v) is 5.47. The van der Waals surface area contributed by atoms with E-state index in [9.17, 15) is 14.2 Å². The van der Waals surface area contributed by atoms with Crippen LogP contribution in [0.4, 0.5) is 0 Å². The average molecular weight is 400 g/mol. The molecule has 0 aliphatic carbocycles. The summed E-state index contributed by atoms with van der Waals surface area (Å²) in [6, 6.07) is 9.24. The van der Waals surface area contributed by atoms with E-state index in [1.165, 1.54) is 14.0 Å². The van der Waals surface area contributed by atoms with Gasteiger partial charge in [-0.05, 0) is 42.3 Å². The first kappa shape index (κ1) is 20.2. The van der Waals surface area contributed by atoms with Crippen LogP contribution in [0.5, 0.6) is 5.75 Å². The van der Waals surface area contributed by atoms with Crippen LogP contribution in [0.15, 0.2) is 36.4 Å². The van der Waals surface area contributed by atoms with Crippen molar-refractivity contribution in [3.05, 3.63) is 42.0 Å². The van der Waals surface area contributed by atoms with Gasteiger partial charge in [-0.25, -0.2) is 9.65 Å². The predicted molar refractivity (Wildman–Crippen MR) is 98.7 cm³/mol. The third-order valence-electron chi connectivity index (χ3n) is 3.83. The lowest BCUT2D eigenvalue weighted by molar-refractivity contribution is -0.142. The summed E-state index contributed by atoms with van der Waals surface area (Å²) >= 11 is 5.79. The van der Waals surface area contributed by atoms with Gasteiger partial charge >= 0.3 is 18.8 Å². The Morgan fingerprint density at radius 3 is 2.38 bits per heavy atom. The van der Waals surface area contributed by atoms with Gasteiger partial charge in [-0.15, -0.1) is 0 Å². The van der Waals surface area contributed by atoms with Crippen molar-refractivity contribution in [3.63, 3.8) is 0 Å². The molecule has 2 N–H and O–H groups in total. The van der Waals surface area contributed by atoms with Crippen molar-refractivity contribution in [2.24, 2.45) is 0 Å². The molecule has 0 radical (unpaired) electrons. The second kappa shape index (κ2) is 8.08. The number of methoxy groups -OCH3 is 1. The quantitative estimate of drug-likeness (QED) is 0.537. The summed E-state index contributed by atoms with van der Waals surface area (Å²) in [5.74, 6) is -1.69. The molecule has 2 aromatic rings. The standard InChI is InChI=1S/C17H19ClNO6P/c1-10(17(22)24-3)12-4-5-14-9-15(7-6-13(14)8-12)25-26(18,23)19-11(2)16(20)21/h4-11H,1-3H3,(H,19,23)(H,20,21)/t10-,11-,26?/m0/s1. The van der Waals surface area contributed by atoms with E-state index >= 15 is 0 Å². The van der Waals surface area contributed by atoms with E-state index in [2.05, 4.69) is 5.09 Å². The Balaban J connectivity index is 2.23. The molecule has 0 amide bonds. The van der Waals surface area contributed by atoms with Crippen molar-refractivity contribution in [1.82, 2.24) is 5.09 Å². The van der Waals surface area contributed by atoms with E-state index in [0.717, 1.165) is 16.3 Å². The van der Waals surface area contributed by atoms with Gasteiger partial charge in [0.05, 0.1) is 13.0 Å². The van der Waals surface area contributed by atoms with Crippen LogP contribution in [0.1, 0.15) is 25.3 Å². The van der Waals surface area contributed by atoms with E-state index in [-0.39, 0.29) is 11.7 Å². The van der Waals surface area contributed by atoms with Crippen LogP contribution in [0, 0.1) is 0 Å². The van der Waals surface area contributed by atoms with Crippen molar-refractivity contribution >= 4 is 40.8 Å². The summed E-state index contributed by atoms with van der Waals surface area (Å²) in [5, 5.41) is 12.7. The molecule has 2 aromatic carbocycles. The first-order valence-corrected chi connectivity index (χ1v) is 10.3. The molecule has 0 saturated carbocycles. The highest BCUT2D eigenvalue weighted by molar-refractivity contribution is 7.84. The number of carboxylic acid groups (broad SMARTS) is 1. The van der Waals surface area contributed by atoms with Crippen molar-refractivity contribution < 1.29 is 28.5 Å². The molecule has 26 heavy (non-hydrogen) atoms. The maximum absolute atomic E-state index is 12.2. The molecule has 3 atom stereocenters. The van der Waals surface area contributed by atoms with Gasteiger partial charge in [0.15, 0.2) is 0 Å². The molecule has 140 valence electrons. The smallest absolute Gasteiger partial charge is 0.409 e. The predicted octanol–water partition coefficient (Wildman–Crippen LogP) is 3.90. The van der Waals surface area contributed by atoms with Crippen LogP contribution < -0.4 is 9.61 Å². The van der Waals surface area contributed by atoms with Crippen LogP contribution in [0.25, 0.3) is 10.8 Å². The van der Waals surface area contributed by atoms with Gasteiger partial charge in [0.25, 0.3) is 0 Å². The topological polar surface area (TPSA) is 102 Å². The summed E-state index contributed by atoms with van der Waals surface area (Å²) < 4.78 is 22.2. The number of benzene rings is 2. The Morgan fingerprint density at radius 1 is 1.15 bits per heavy atom. The van der Waals surface area contributed by atoms with Crippen LogP contribution >= 0.6 is 18.1 Å². The number of carboxylic acids is 1. The maximum Gasteiger partial charge on any atom is 0.409 e. The Kier molecular flexibility index (Phi) is 6.29. The second-order valence-electron chi connectivity index (χ2n) is 5.77. The molecule has 0 spiro atoms. The first-order chi connectivity index (χ1) is 12.1. The van der Waals surface area contributed by atoms with Gasteiger partial charge in [0.2, 0.25) is 0 Å². The minimum atomic E-state index is -3.86. The van der Waals surface area contributed by atoms with Gasteiger partial charge in [-0.1, -0.05) is 24.3 Å². The average Bonchev–Trinajstić information content (AvgIpc) is 2.58. The van der Waals surface area contributed by atoms with E-state index < -0.39 is 24.8 Å². The molecule has 0 aromatic heterocycles. The second-order valence-corrected chi connectivity index (χ2v) is 8.51. The monoisotopic (exact) mass is 399 g/mol. The zero-order valence-electron chi connectivity index (χ0n) is 14.4. The number of aliphatic carboxylic acids is 1. The van der Waals surface area contributed by atoms with Crippen molar-refractivity contribution in [2.75, 3.05) is 7.11 Å². The highest BCUT2D eigenvalue weighted by Gasteiger charge is 2.27. The summed E-state index contributed by atoms with van der Waals surface area (Å²) in [4.78, 5) is 22.5. The molecule has 0 saturated heterocycles. The largest absolute Gasteiger partial charge is 0.480 e. The van der Waals surface area contributed by atoms with Gasteiger partial charge in [-0.2, -0.15) is 0 Å². The summed E-state index contributed by atoms with van der Waals surface area (Å²) in [7, 11) is 1.34. The minimum absolute atomic E-state index is 0.231. The Morgan fingerprint density at radius 2 is 1.77 bits per heavy atom. The summed E-state index contributed by atoms with van der Waals surface area (Å²) in [5.41, 5.74) is 0.804. The van der Waals surface area contributed by atoms with E-state index in [1.54, 1.807) is 37.3 Å². The van der Waals surface area contributed by atoms with Gasteiger partial charge in [-0.3, -0.25) is 9.59 Å². The maximum atomic E-state index is 12.2. The summed E-state index contributed by atoms with van der Waals surface area (Å²) in [6.45, 7) is -0.801. The summed E-state index contributed by atoms with van der Waals surface area (Å²) in [6.07, 6.45) is 0. The van der Waals surface area contributed by atoms with Crippen LogP contribution in [-0.2, 0) is 18.9 Å². The SMILES string of the molecule is COC(=O)[C@@H](C)c1ccc2cc(OP(=O)(Cl)N[C@@H](C)C(=O)O)ccc2c1. The minimum Gasteiger partial charge on any atom is -0.480 e. The fourth-order valence-electron chi connectivity index (χ4n) is 2.33. The molecular weight excluding hydrogens is 381 g/mol. The van der Waals surface area contributed by atoms with Crippen LogP contribution in [0.3, 0.4) is 0 Å². The third kappa shape index (κ3) is 4.97. The van der Waals surface area contributed by atoms with Crippen LogP contribution in [0.2, 0.25) is 0 Å². The number of hydrogen-bond acceptors (Lipinski definition) is 5. The van der Waals surface area contributed by atoms with E-state index in [1.807, 2.05) is 6.07 Å².